The lowest BCUT2D eigenvalue weighted by Gasteiger charge is -2.24. The van der Waals surface area contributed by atoms with Crippen LogP contribution in [0.15, 0.2) is 84.0 Å². The number of para-hydroxylation sites is 1. The molecular formula is C37H38N4O3S2. The summed E-state index contributed by atoms with van der Waals surface area (Å²) in [5.41, 5.74) is 4.73. The van der Waals surface area contributed by atoms with Gasteiger partial charge >= 0.3 is 5.97 Å². The van der Waals surface area contributed by atoms with Gasteiger partial charge in [0.1, 0.15) is 23.0 Å². The molecule has 0 fully saturated rings. The average molecular weight is 651 g/mol. The van der Waals surface area contributed by atoms with Crippen LogP contribution in [0.2, 0.25) is 0 Å². The smallest absolute Gasteiger partial charge is 0.309 e. The highest BCUT2D eigenvalue weighted by Gasteiger charge is 2.33. The van der Waals surface area contributed by atoms with Gasteiger partial charge < -0.3 is 14.4 Å². The van der Waals surface area contributed by atoms with E-state index in [1.807, 2.05) is 42.6 Å². The number of nitrogens with zero attached hydrogens (tertiary/aromatic N) is 4. The van der Waals surface area contributed by atoms with E-state index in [2.05, 4.69) is 67.6 Å². The van der Waals surface area contributed by atoms with Crippen LogP contribution in [-0.2, 0) is 24.4 Å². The number of carboxylic acids is 1. The summed E-state index contributed by atoms with van der Waals surface area (Å²) in [5, 5.41) is 13.2. The number of hydrogen-bond donors (Lipinski definition) is 1. The van der Waals surface area contributed by atoms with Crippen molar-refractivity contribution >= 4 is 51.0 Å². The molecule has 7 nitrogen and oxygen atoms in total. The number of carboxylic acid groups (broad SMARTS) is 1. The molecule has 0 unspecified atom stereocenters. The molecule has 6 aromatic rings. The number of rotatable bonds is 10. The molecule has 0 amide bonds. The van der Waals surface area contributed by atoms with Gasteiger partial charge in [-0.05, 0) is 44.5 Å². The molecule has 0 saturated carbocycles. The summed E-state index contributed by atoms with van der Waals surface area (Å²) in [7, 11) is 0. The second-order valence-electron chi connectivity index (χ2n) is 13.2. The predicted molar refractivity (Wildman–Crippen MR) is 188 cm³/mol. The third-order valence-corrected chi connectivity index (χ3v) is 9.97. The molecule has 46 heavy (non-hydrogen) atoms. The van der Waals surface area contributed by atoms with Gasteiger partial charge in [-0.15, -0.1) is 23.1 Å². The number of aliphatic carboxylic acids is 1. The van der Waals surface area contributed by atoms with Crippen LogP contribution in [-0.4, -0.2) is 35.3 Å². The number of thioether (sulfide) groups is 1. The van der Waals surface area contributed by atoms with Crippen LogP contribution in [0.5, 0.6) is 5.75 Å². The molecule has 0 aliphatic heterocycles. The first-order valence-electron chi connectivity index (χ1n) is 15.3. The number of carbonyl (C=O) groups is 1. The van der Waals surface area contributed by atoms with Crippen molar-refractivity contribution in [1.29, 1.82) is 0 Å². The summed E-state index contributed by atoms with van der Waals surface area (Å²) in [6.45, 7) is 13.0. The SMILES string of the molecule is Cc1cnc(-c2ccc(Cn3c(CC(C)(C)C(=O)O)c(SC(C)(C)C)c4cc(OCc5ccc6ccccc6n5)cnc43)cc2)s1. The van der Waals surface area contributed by atoms with E-state index >= 15 is 0 Å². The van der Waals surface area contributed by atoms with Crippen LogP contribution in [0.25, 0.3) is 32.5 Å². The van der Waals surface area contributed by atoms with Crippen LogP contribution in [0.4, 0.5) is 0 Å². The molecule has 0 aliphatic carbocycles. The molecule has 236 valence electrons. The van der Waals surface area contributed by atoms with Gasteiger partial charge in [0, 0.05) is 55.7 Å². The zero-order valence-electron chi connectivity index (χ0n) is 27.0. The largest absolute Gasteiger partial charge is 0.486 e. The number of benzene rings is 2. The summed E-state index contributed by atoms with van der Waals surface area (Å²) in [4.78, 5) is 28.8. The summed E-state index contributed by atoms with van der Waals surface area (Å²) >= 11 is 3.41. The molecule has 2 aromatic carbocycles. The van der Waals surface area contributed by atoms with Crippen LogP contribution < -0.4 is 4.74 Å². The van der Waals surface area contributed by atoms with Gasteiger partial charge in [0.15, 0.2) is 0 Å². The number of thiazole rings is 1. The van der Waals surface area contributed by atoms with Crippen molar-refractivity contribution in [3.05, 3.63) is 101 Å². The van der Waals surface area contributed by atoms with Crippen LogP contribution in [0.3, 0.4) is 0 Å². The monoisotopic (exact) mass is 650 g/mol. The van der Waals surface area contributed by atoms with E-state index in [1.165, 1.54) is 4.88 Å². The van der Waals surface area contributed by atoms with E-state index < -0.39 is 11.4 Å². The van der Waals surface area contributed by atoms with Crippen molar-refractivity contribution in [3.8, 4) is 16.3 Å². The normalized spacial score (nSPS) is 12.2. The van der Waals surface area contributed by atoms with E-state index in [-0.39, 0.29) is 4.75 Å². The van der Waals surface area contributed by atoms with Crippen LogP contribution >= 0.6 is 23.1 Å². The third kappa shape index (κ3) is 6.95. The average Bonchev–Trinajstić information content (AvgIpc) is 3.56. The Labute approximate surface area is 277 Å². The Morgan fingerprint density at radius 3 is 2.43 bits per heavy atom. The van der Waals surface area contributed by atoms with E-state index in [0.29, 0.717) is 25.3 Å². The first-order chi connectivity index (χ1) is 21.9. The number of ether oxygens (including phenoxy) is 1. The summed E-state index contributed by atoms with van der Waals surface area (Å²) in [6, 6.07) is 22.6. The van der Waals surface area contributed by atoms with Gasteiger partial charge in [0.25, 0.3) is 0 Å². The van der Waals surface area contributed by atoms with E-state index in [0.717, 1.165) is 54.4 Å². The Morgan fingerprint density at radius 2 is 1.74 bits per heavy atom. The molecule has 1 N–H and O–H groups in total. The maximum Gasteiger partial charge on any atom is 0.309 e. The lowest BCUT2D eigenvalue weighted by Crippen LogP contribution is -2.28. The van der Waals surface area contributed by atoms with Gasteiger partial charge in [-0.2, -0.15) is 0 Å². The first kappa shape index (κ1) is 31.8. The van der Waals surface area contributed by atoms with Gasteiger partial charge in [-0.1, -0.05) is 69.3 Å². The fourth-order valence-corrected chi connectivity index (χ4v) is 7.28. The second kappa shape index (κ2) is 12.5. The lowest BCUT2D eigenvalue weighted by atomic mass is 9.88. The molecule has 0 aliphatic rings. The zero-order chi connectivity index (χ0) is 32.6. The highest BCUT2D eigenvalue weighted by atomic mass is 32.2. The maximum atomic E-state index is 12.4. The summed E-state index contributed by atoms with van der Waals surface area (Å²) in [5.74, 6) is -0.193. The number of pyridine rings is 2. The molecule has 0 radical (unpaired) electrons. The summed E-state index contributed by atoms with van der Waals surface area (Å²) < 4.78 is 8.32. The number of aromatic nitrogens is 4. The Kier molecular flexibility index (Phi) is 8.65. The molecule has 6 rings (SSSR count). The Balaban J connectivity index is 1.40. The standard InChI is InChI=1S/C37H38N4O3S2/c1-23-19-39-34(45-23)26-13-11-24(12-14-26)21-41-31(18-37(5,6)35(42)43)32(46-36(2,3)4)29-17-28(20-38-33(29)41)44-22-27-16-15-25-9-7-8-10-30(25)40-27/h7-17,19-20H,18,21-22H2,1-6H3,(H,42,43). The molecule has 0 spiro atoms. The zero-order valence-corrected chi connectivity index (χ0v) is 28.6. The number of hydrogen-bond acceptors (Lipinski definition) is 7. The van der Waals surface area contributed by atoms with Crippen LogP contribution in [0, 0.1) is 12.3 Å². The maximum absolute atomic E-state index is 12.4. The lowest BCUT2D eigenvalue weighted by molar-refractivity contribution is -0.146. The Hall–Kier alpha value is -4.21. The number of fused-ring (bicyclic) bond motifs is 2. The van der Waals surface area contributed by atoms with Gasteiger partial charge in [0.2, 0.25) is 0 Å². The molecule has 0 atom stereocenters. The second-order valence-corrected chi connectivity index (χ2v) is 16.3. The van der Waals surface area contributed by atoms with Gasteiger partial charge in [-0.3, -0.25) is 4.79 Å². The number of aryl methyl sites for hydroxylation is 1. The van der Waals surface area contributed by atoms with Crippen molar-refractivity contribution < 1.29 is 14.6 Å². The Bertz CT molecular complexity index is 2040. The van der Waals surface area contributed by atoms with Crippen LogP contribution in [0.1, 0.15) is 56.4 Å². The minimum Gasteiger partial charge on any atom is -0.486 e. The Morgan fingerprint density at radius 1 is 0.978 bits per heavy atom. The molecule has 9 heteroatoms. The van der Waals surface area contributed by atoms with Crippen molar-refractivity contribution in [1.82, 2.24) is 19.5 Å². The van der Waals surface area contributed by atoms with Crippen molar-refractivity contribution in [2.24, 2.45) is 5.41 Å². The van der Waals surface area contributed by atoms with E-state index in [4.69, 9.17) is 14.7 Å². The highest BCUT2D eigenvalue weighted by molar-refractivity contribution is 8.00. The summed E-state index contributed by atoms with van der Waals surface area (Å²) in [6.07, 6.45) is 4.00. The van der Waals surface area contributed by atoms with Crippen molar-refractivity contribution in [3.63, 3.8) is 0 Å². The third-order valence-electron chi connectivity index (χ3n) is 7.73. The topological polar surface area (TPSA) is 90.1 Å². The molecule has 4 aromatic heterocycles. The fourth-order valence-electron chi connectivity index (χ4n) is 5.34. The minimum atomic E-state index is -0.979. The minimum absolute atomic E-state index is 0.124. The molecule has 0 bridgehead atoms. The molecule has 4 heterocycles. The van der Waals surface area contributed by atoms with Gasteiger partial charge in [0.05, 0.1) is 22.8 Å². The van der Waals surface area contributed by atoms with Gasteiger partial charge in [-0.25, -0.2) is 15.0 Å². The van der Waals surface area contributed by atoms with Crippen molar-refractivity contribution in [2.75, 3.05) is 0 Å². The molecular weight excluding hydrogens is 613 g/mol. The van der Waals surface area contributed by atoms with E-state index in [9.17, 15) is 9.90 Å². The highest BCUT2D eigenvalue weighted by Crippen LogP contribution is 2.43. The first-order valence-corrected chi connectivity index (χ1v) is 16.9. The fraction of sp³-hybridized carbons (Fsp3) is 0.297. The molecule has 0 saturated heterocycles. The quantitative estimate of drug-likeness (QED) is 0.148. The van der Waals surface area contributed by atoms with E-state index in [1.54, 1.807) is 43.1 Å². The predicted octanol–water partition coefficient (Wildman–Crippen LogP) is 9.19. The van der Waals surface area contributed by atoms with Crippen molar-refractivity contribution in [2.45, 2.75) is 70.8 Å².